The first kappa shape index (κ1) is 17.4. The Bertz CT molecular complexity index is 713. The fraction of sp³-hybridized carbons (Fsp3) is 0.625. The van der Waals surface area contributed by atoms with E-state index in [2.05, 4.69) is 9.97 Å². The van der Waals surface area contributed by atoms with E-state index in [0.717, 1.165) is 0 Å². The molecule has 0 aromatic carbocycles. The summed E-state index contributed by atoms with van der Waals surface area (Å²) in [6.07, 6.45) is 1.74. The van der Waals surface area contributed by atoms with E-state index < -0.39 is 17.2 Å². The Balaban J connectivity index is 1.88. The monoisotopic (exact) mass is 351 g/mol. The van der Waals surface area contributed by atoms with Crippen LogP contribution in [-0.4, -0.2) is 77.1 Å². The standard InChI is InChI=1S/C16H22FN5O3/c1-4-11-12(17)13(19-9-18-11)21-5-10-6-22(15(25)20(2)3)8-16(10,7-21)14(23)24/h9-10H,4-8H2,1-3H3,(H,23,24)/t10-,16-/m0/s1. The molecule has 25 heavy (non-hydrogen) atoms. The summed E-state index contributed by atoms with van der Waals surface area (Å²) in [5.41, 5.74) is -0.786. The van der Waals surface area contributed by atoms with Crippen molar-refractivity contribution in [3.8, 4) is 0 Å². The first-order valence-electron chi connectivity index (χ1n) is 8.24. The highest BCUT2D eigenvalue weighted by atomic mass is 19.1. The Hall–Kier alpha value is -2.45. The van der Waals surface area contributed by atoms with Gasteiger partial charge in [-0.3, -0.25) is 4.79 Å². The summed E-state index contributed by atoms with van der Waals surface area (Å²) < 4.78 is 14.6. The minimum absolute atomic E-state index is 0.119. The maximum absolute atomic E-state index is 14.6. The molecule has 0 radical (unpaired) electrons. The highest BCUT2D eigenvalue weighted by molar-refractivity contribution is 5.81. The van der Waals surface area contributed by atoms with Crippen molar-refractivity contribution in [2.24, 2.45) is 11.3 Å². The predicted molar refractivity (Wildman–Crippen MR) is 87.8 cm³/mol. The molecule has 3 rings (SSSR count). The van der Waals surface area contributed by atoms with Gasteiger partial charge in [0.15, 0.2) is 11.6 Å². The summed E-state index contributed by atoms with van der Waals surface area (Å²) >= 11 is 0. The van der Waals surface area contributed by atoms with Gasteiger partial charge in [-0.1, -0.05) is 6.92 Å². The SMILES string of the molecule is CCc1ncnc(N2C[C@H]3CN(C(=O)N(C)C)C[C@@]3(C(=O)O)C2)c1F. The molecule has 2 fully saturated rings. The second-order valence-corrected chi connectivity index (χ2v) is 6.91. The molecule has 2 aliphatic rings. The van der Waals surface area contributed by atoms with Gasteiger partial charge in [0.25, 0.3) is 0 Å². The molecule has 0 spiro atoms. The fourth-order valence-corrected chi connectivity index (χ4v) is 3.82. The van der Waals surface area contributed by atoms with Crippen LogP contribution in [0.25, 0.3) is 0 Å². The third-order valence-corrected chi connectivity index (χ3v) is 5.17. The zero-order valence-corrected chi connectivity index (χ0v) is 14.6. The molecule has 1 N–H and O–H groups in total. The number of carboxylic acid groups (broad SMARTS) is 1. The zero-order valence-electron chi connectivity index (χ0n) is 14.6. The van der Waals surface area contributed by atoms with Crippen molar-refractivity contribution in [3.63, 3.8) is 0 Å². The fourth-order valence-electron chi connectivity index (χ4n) is 3.82. The van der Waals surface area contributed by atoms with E-state index in [-0.39, 0.29) is 30.9 Å². The maximum atomic E-state index is 14.6. The quantitative estimate of drug-likeness (QED) is 0.861. The van der Waals surface area contributed by atoms with Crippen molar-refractivity contribution in [1.29, 1.82) is 0 Å². The van der Waals surface area contributed by atoms with E-state index >= 15 is 0 Å². The molecule has 0 bridgehead atoms. The Morgan fingerprint density at radius 1 is 1.36 bits per heavy atom. The van der Waals surface area contributed by atoms with Crippen molar-refractivity contribution in [3.05, 3.63) is 17.8 Å². The number of amides is 2. The molecule has 0 saturated carbocycles. The Labute approximate surface area is 145 Å². The lowest BCUT2D eigenvalue weighted by Crippen LogP contribution is -2.44. The summed E-state index contributed by atoms with van der Waals surface area (Å²) in [5, 5.41) is 9.84. The highest BCUT2D eigenvalue weighted by Gasteiger charge is 2.59. The Morgan fingerprint density at radius 3 is 2.64 bits per heavy atom. The minimum Gasteiger partial charge on any atom is -0.481 e. The van der Waals surface area contributed by atoms with Crippen molar-refractivity contribution < 1.29 is 19.1 Å². The zero-order chi connectivity index (χ0) is 18.4. The molecular formula is C16H22FN5O3. The van der Waals surface area contributed by atoms with Crippen molar-refractivity contribution >= 4 is 17.8 Å². The molecule has 1 aromatic heterocycles. The molecule has 9 heteroatoms. The normalized spacial score (nSPS) is 25.2. The number of aryl methyl sites for hydroxylation is 1. The summed E-state index contributed by atoms with van der Waals surface area (Å²) in [4.78, 5) is 36.8. The highest BCUT2D eigenvalue weighted by Crippen LogP contribution is 2.44. The Kier molecular flexibility index (Phi) is 4.26. The van der Waals surface area contributed by atoms with Gasteiger partial charge in [0.2, 0.25) is 0 Å². The Morgan fingerprint density at radius 2 is 2.08 bits per heavy atom. The van der Waals surface area contributed by atoms with Crippen LogP contribution in [0, 0.1) is 17.2 Å². The lowest BCUT2D eigenvalue weighted by atomic mass is 9.81. The summed E-state index contributed by atoms with van der Waals surface area (Å²) in [6, 6.07) is -0.205. The van der Waals surface area contributed by atoms with E-state index in [4.69, 9.17) is 0 Å². The summed E-state index contributed by atoms with van der Waals surface area (Å²) in [6.45, 7) is 2.74. The number of fused-ring (bicyclic) bond motifs is 1. The van der Waals surface area contributed by atoms with Crippen LogP contribution in [0.1, 0.15) is 12.6 Å². The van der Waals surface area contributed by atoms with Crippen LogP contribution in [0.4, 0.5) is 15.0 Å². The predicted octanol–water partition coefficient (Wildman–Crippen LogP) is 0.683. The number of aromatic nitrogens is 2. The van der Waals surface area contributed by atoms with Crippen LogP contribution >= 0.6 is 0 Å². The van der Waals surface area contributed by atoms with E-state index in [1.165, 1.54) is 11.2 Å². The van der Waals surface area contributed by atoms with Gasteiger partial charge < -0.3 is 19.8 Å². The van der Waals surface area contributed by atoms with Crippen molar-refractivity contribution in [2.45, 2.75) is 13.3 Å². The van der Waals surface area contributed by atoms with E-state index in [9.17, 15) is 19.1 Å². The lowest BCUT2D eigenvalue weighted by molar-refractivity contribution is -0.148. The van der Waals surface area contributed by atoms with Crippen LogP contribution < -0.4 is 4.90 Å². The molecule has 2 aliphatic heterocycles. The van der Waals surface area contributed by atoms with Gasteiger partial charge in [0.05, 0.1) is 5.69 Å². The number of carbonyl (C=O) groups is 2. The van der Waals surface area contributed by atoms with Gasteiger partial charge >= 0.3 is 12.0 Å². The molecule has 0 unspecified atom stereocenters. The second-order valence-electron chi connectivity index (χ2n) is 6.91. The van der Waals surface area contributed by atoms with Gasteiger partial charge in [-0.15, -0.1) is 0 Å². The smallest absolute Gasteiger partial charge is 0.319 e. The van der Waals surface area contributed by atoms with Crippen LogP contribution in [0.15, 0.2) is 6.33 Å². The number of likely N-dealkylation sites (tertiary alicyclic amines) is 1. The minimum atomic E-state index is -1.10. The van der Waals surface area contributed by atoms with Crippen LogP contribution in [-0.2, 0) is 11.2 Å². The number of carboxylic acids is 1. The second kappa shape index (κ2) is 6.12. The number of rotatable bonds is 3. The number of halogens is 1. The largest absolute Gasteiger partial charge is 0.481 e. The third-order valence-electron chi connectivity index (χ3n) is 5.17. The van der Waals surface area contributed by atoms with Crippen molar-refractivity contribution in [2.75, 3.05) is 45.2 Å². The molecule has 0 aliphatic carbocycles. The van der Waals surface area contributed by atoms with Crippen LogP contribution in [0.2, 0.25) is 0 Å². The topological polar surface area (TPSA) is 89.9 Å². The molecule has 3 heterocycles. The molecule has 2 atom stereocenters. The average molecular weight is 351 g/mol. The number of carbonyl (C=O) groups excluding carboxylic acids is 1. The van der Waals surface area contributed by atoms with E-state index in [1.807, 2.05) is 0 Å². The van der Waals surface area contributed by atoms with Crippen LogP contribution in [0.3, 0.4) is 0 Å². The maximum Gasteiger partial charge on any atom is 0.319 e. The number of anilines is 1. The van der Waals surface area contributed by atoms with Crippen LogP contribution in [0.5, 0.6) is 0 Å². The number of hydrogen-bond acceptors (Lipinski definition) is 5. The number of nitrogens with zero attached hydrogens (tertiary/aromatic N) is 5. The van der Waals surface area contributed by atoms with E-state index in [1.54, 1.807) is 30.8 Å². The average Bonchev–Trinajstić information content (AvgIpc) is 3.09. The van der Waals surface area contributed by atoms with E-state index in [0.29, 0.717) is 25.2 Å². The molecule has 2 amide bonds. The number of urea groups is 1. The van der Waals surface area contributed by atoms with Gasteiger partial charge in [-0.25, -0.2) is 19.2 Å². The molecule has 2 saturated heterocycles. The first-order valence-corrected chi connectivity index (χ1v) is 8.24. The third kappa shape index (κ3) is 2.67. The number of hydrogen-bond donors (Lipinski definition) is 1. The molecular weight excluding hydrogens is 329 g/mol. The first-order chi connectivity index (χ1) is 11.8. The van der Waals surface area contributed by atoms with Gasteiger partial charge in [-0.05, 0) is 6.42 Å². The molecule has 8 nitrogen and oxygen atoms in total. The molecule has 136 valence electrons. The lowest BCUT2D eigenvalue weighted by Gasteiger charge is -2.27. The van der Waals surface area contributed by atoms with Gasteiger partial charge in [-0.2, -0.15) is 0 Å². The summed E-state index contributed by atoms with van der Waals surface area (Å²) in [5.74, 6) is -1.58. The molecule has 1 aromatic rings. The van der Waals surface area contributed by atoms with Gasteiger partial charge in [0.1, 0.15) is 11.7 Å². The van der Waals surface area contributed by atoms with Crippen molar-refractivity contribution in [1.82, 2.24) is 19.8 Å². The number of aliphatic carboxylic acids is 1. The van der Waals surface area contributed by atoms with Gasteiger partial charge in [0, 0.05) is 46.2 Å². The summed E-state index contributed by atoms with van der Waals surface area (Å²) in [7, 11) is 3.28.